The molecule has 27 heavy (non-hydrogen) atoms. The van der Waals surface area contributed by atoms with Crippen LogP contribution in [-0.4, -0.2) is 42.3 Å². The van der Waals surface area contributed by atoms with E-state index in [1.54, 1.807) is 6.07 Å². The standard InChI is InChI=1S/C22H25NO4/c1-15-4-2-3-5-19(15)17-12-18-14-23(8-11-27-21(18)20(24)13-17)22(25)16-6-9-26-10-7-16/h2-5,12-13,16,24H,6-11,14H2,1H3. The van der Waals surface area contributed by atoms with E-state index in [-0.39, 0.29) is 17.6 Å². The van der Waals surface area contributed by atoms with Crippen LogP contribution in [0.3, 0.4) is 0 Å². The third kappa shape index (κ3) is 3.65. The van der Waals surface area contributed by atoms with E-state index in [1.165, 1.54) is 0 Å². The average molecular weight is 367 g/mol. The van der Waals surface area contributed by atoms with Crippen molar-refractivity contribution in [2.24, 2.45) is 5.92 Å². The molecule has 1 amide bonds. The highest BCUT2D eigenvalue weighted by Gasteiger charge is 2.29. The van der Waals surface area contributed by atoms with Crippen molar-refractivity contribution in [3.8, 4) is 22.6 Å². The van der Waals surface area contributed by atoms with E-state index in [9.17, 15) is 9.90 Å². The van der Waals surface area contributed by atoms with Gasteiger partial charge < -0.3 is 19.5 Å². The number of phenolic OH excluding ortho intramolecular Hbond substituents is 1. The molecule has 5 heteroatoms. The van der Waals surface area contributed by atoms with Gasteiger partial charge in [0.1, 0.15) is 6.61 Å². The number of benzene rings is 2. The lowest BCUT2D eigenvalue weighted by atomic mass is 9.96. The molecule has 0 radical (unpaired) electrons. The van der Waals surface area contributed by atoms with Crippen molar-refractivity contribution >= 4 is 5.91 Å². The summed E-state index contributed by atoms with van der Waals surface area (Å²) in [5.41, 5.74) is 4.00. The van der Waals surface area contributed by atoms with Gasteiger partial charge in [-0.3, -0.25) is 4.79 Å². The normalized spacial score (nSPS) is 17.7. The predicted octanol–water partition coefficient (Wildman–Crippen LogP) is 3.52. The van der Waals surface area contributed by atoms with Gasteiger partial charge in [0.15, 0.2) is 11.5 Å². The van der Waals surface area contributed by atoms with Crippen molar-refractivity contribution in [1.29, 1.82) is 0 Å². The van der Waals surface area contributed by atoms with E-state index in [0.717, 1.165) is 35.1 Å². The minimum absolute atomic E-state index is 0.0217. The number of aromatic hydroxyl groups is 1. The molecule has 0 spiro atoms. The maximum Gasteiger partial charge on any atom is 0.226 e. The van der Waals surface area contributed by atoms with Crippen LogP contribution in [0.2, 0.25) is 0 Å². The molecule has 1 fully saturated rings. The fourth-order valence-electron chi connectivity index (χ4n) is 3.94. The van der Waals surface area contributed by atoms with Crippen LogP contribution in [0.25, 0.3) is 11.1 Å². The number of hydrogen-bond acceptors (Lipinski definition) is 4. The largest absolute Gasteiger partial charge is 0.504 e. The first-order valence-corrected chi connectivity index (χ1v) is 9.54. The topological polar surface area (TPSA) is 59.0 Å². The van der Waals surface area contributed by atoms with Crippen LogP contribution in [0, 0.1) is 12.8 Å². The Morgan fingerprint density at radius 2 is 1.93 bits per heavy atom. The zero-order chi connectivity index (χ0) is 18.8. The number of ether oxygens (including phenoxy) is 2. The Balaban J connectivity index is 1.65. The number of phenols is 1. The summed E-state index contributed by atoms with van der Waals surface area (Å²) in [5, 5.41) is 10.5. The lowest BCUT2D eigenvalue weighted by Crippen LogP contribution is -2.39. The van der Waals surface area contributed by atoms with Crippen LogP contribution in [0.1, 0.15) is 24.0 Å². The molecule has 1 N–H and O–H groups in total. The fraction of sp³-hybridized carbons (Fsp3) is 0.409. The van der Waals surface area contributed by atoms with Crippen LogP contribution in [-0.2, 0) is 16.1 Å². The van der Waals surface area contributed by atoms with Crippen LogP contribution in [0.4, 0.5) is 0 Å². The Morgan fingerprint density at radius 1 is 1.15 bits per heavy atom. The van der Waals surface area contributed by atoms with E-state index in [2.05, 4.69) is 13.0 Å². The highest BCUT2D eigenvalue weighted by molar-refractivity contribution is 5.79. The number of rotatable bonds is 2. The predicted molar refractivity (Wildman–Crippen MR) is 103 cm³/mol. The van der Waals surface area contributed by atoms with Crippen molar-refractivity contribution in [1.82, 2.24) is 4.90 Å². The van der Waals surface area contributed by atoms with Gasteiger partial charge in [0.05, 0.1) is 6.54 Å². The van der Waals surface area contributed by atoms with E-state index in [1.807, 2.05) is 29.2 Å². The first kappa shape index (κ1) is 17.9. The summed E-state index contributed by atoms with van der Waals surface area (Å²) in [6.45, 7) is 4.72. The monoisotopic (exact) mass is 367 g/mol. The Morgan fingerprint density at radius 3 is 2.70 bits per heavy atom. The van der Waals surface area contributed by atoms with Crippen LogP contribution >= 0.6 is 0 Å². The van der Waals surface area contributed by atoms with Gasteiger partial charge in [-0.1, -0.05) is 24.3 Å². The molecular formula is C22H25NO4. The van der Waals surface area contributed by atoms with Crippen LogP contribution < -0.4 is 4.74 Å². The van der Waals surface area contributed by atoms with Crippen LogP contribution in [0.5, 0.6) is 11.5 Å². The van der Waals surface area contributed by atoms with Gasteiger partial charge in [0.2, 0.25) is 5.91 Å². The van der Waals surface area contributed by atoms with Gasteiger partial charge in [0, 0.05) is 31.2 Å². The van der Waals surface area contributed by atoms with Gasteiger partial charge in [-0.2, -0.15) is 0 Å². The maximum atomic E-state index is 13.0. The first-order valence-electron chi connectivity index (χ1n) is 9.54. The minimum atomic E-state index is 0.0217. The van der Waals surface area contributed by atoms with Crippen molar-refractivity contribution < 1.29 is 19.4 Å². The Labute approximate surface area is 159 Å². The Bertz CT molecular complexity index is 842. The second-order valence-electron chi connectivity index (χ2n) is 7.29. The molecule has 2 aromatic rings. The fourth-order valence-corrected chi connectivity index (χ4v) is 3.94. The molecule has 4 rings (SSSR count). The lowest BCUT2D eigenvalue weighted by Gasteiger charge is -2.28. The van der Waals surface area contributed by atoms with Gasteiger partial charge >= 0.3 is 0 Å². The van der Waals surface area contributed by atoms with E-state index in [4.69, 9.17) is 9.47 Å². The average Bonchev–Trinajstić information content (AvgIpc) is 2.91. The summed E-state index contributed by atoms with van der Waals surface area (Å²) in [4.78, 5) is 14.8. The summed E-state index contributed by atoms with van der Waals surface area (Å²) in [5.74, 6) is 0.810. The van der Waals surface area contributed by atoms with Crippen molar-refractivity contribution in [2.45, 2.75) is 26.3 Å². The number of fused-ring (bicyclic) bond motifs is 1. The van der Waals surface area contributed by atoms with Gasteiger partial charge in [-0.15, -0.1) is 0 Å². The number of amides is 1. The molecule has 0 bridgehead atoms. The molecule has 2 heterocycles. The van der Waals surface area contributed by atoms with E-state index >= 15 is 0 Å². The molecule has 2 aromatic carbocycles. The zero-order valence-corrected chi connectivity index (χ0v) is 15.6. The molecule has 1 saturated heterocycles. The van der Waals surface area contributed by atoms with E-state index in [0.29, 0.717) is 38.7 Å². The van der Waals surface area contributed by atoms with E-state index < -0.39 is 0 Å². The summed E-state index contributed by atoms with van der Waals surface area (Å²) in [6, 6.07) is 11.9. The Hall–Kier alpha value is -2.53. The SMILES string of the molecule is Cc1ccccc1-c1cc(O)c2c(c1)CN(C(=O)C1CCOCC1)CCO2. The number of nitrogens with zero attached hydrogens (tertiary/aromatic N) is 1. The molecule has 142 valence electrons. The zero-order valence-electron chi connectivity index (χ0n) is 15.6. The second-order valence-corrected chi connectivity index (χ2v) is 7.29. The minimum Gasteiger partial charge on any atom is -0.504 e. The molecule has 2 aliphatic heterocycles. The molecule has 0 aliphatic carbocycles. The Kier molecular flexibility index (Phi) is 5.03. The molecule has 0 atom stereocenters. The molecule has 2 aliphatic rings. The smallest absolute Gasteiger partial charge is 0.226 e. The number of carbonyl (C=O) groups is 1. The van der Waals surface area contributed by atoms with Crippen molar-refractivity contribution in [3.63, 3.8) is 0 Å². The summed E-state index contributed by atoms with van der Waals surface area (Å²) >= 11 is 0. The number of carbonyl (C=O) groups excluding carboxylic acids is 1. The van der Waals surface area contributed by atoms with Crippen molar-refractivity contribution in [2.75, 3.05) is 26.4 Å². The third-order valence-corrected chi connectivity index (χ3v) is 5.45. The van der Waals surface area contributed by atoms with Gasteiger partial charge in [-0.05, 0) is 48.6 Å². The van der Waals surface area contributed by atoms with Gasteiger partial charge in [-0.25, -0.2) is 0 Å². The molecule has 0 aromatic heterocycles. The van der Waals surface area contributed by atoms with Gasteiger partial charge in [0.25, 0.3) is 0 Å². The van der Waals surface area contributed by atoms with Crippen molar-refractivity contribution in [3.05, 3.63) is 47.5 Å². The summed E-state index contributed by atoms with van der Waals surface area (Å²) in [6.07, 6.45) is 1.55. The van der Waals surface area contributed by atoms with Crippen LogP contribution in [0.15, 0.2) is 36.4 Å². The number of aryl methyl sites for hydroxylation is 1. The summed E-state index contributed by atoms with van der Waals surface area (Å²) < 4.78 is 11.2. The highest BCUT2D eigenvalue weighted by atomic mass is 16.5. The number of hydrogen-bond donors (Lipinski definition) is 1. The molecule has 0 saturated carbocycles. The quantitative estimate of drug-likeness (QED) is 0.882. The highest BCUT2D eigenvalue weighted by Crippen LogP contribution is 2.38. The molecule has 5 nitrogen and oxygen atoms in total. The third-order valence-electron chi connectivity index (χ3n) is 5.45. The lowest BCUT2D eigenvalue weighted by molar-refractivity contribution is -0.139. The second kappa shape index (κ2) is 7.61. The molecule has 0 unspecified atom stereocenters. The maximum absolute atomic E-state index is 13.0. The summed E-state index contributed by atoms with van der Waals surface area (Å²) in [7, 11) is 0. The first-order chi connectivity index (χ1) is 13.1. The molecular weight excluding hydrogens is 342 g/mol.